The van der Waals surface area contributed by atoms with E-state index >= 15 is 0 Å². The highest BCUT2D eigenvalue weighted by Gasteiger charge is 2.09. The van der Waals surface area contributed by atoms with Gasteiger partial charge in [0.2, 0.25) is 5.28 Å². The second-order valence-electron chi connectivity index (χ2n) is 4.19. The van der Waals surface area contributed by atoms with Gasteiger partial charge in [0.25, 0.3) is 0 Å². The van der Waals surface area contributed by atoms with Crippen LogP contribution < -0.4 is 5.32 Å². The molecule has 0 bridgehead atoms. The van der Waals surface area contributed by atoms with E-state index in [0.29, 0.717) is 11.2 Å². The van der Waals surface area contributed by atoms with Gasteiger partial charge in [-0.15, -0.1) is 11.3 Å². The van der Waals surface area contributed by atoms with E-state index in [9.17, 15) is 0 Å². The molecule has 0 aliphatic rings. The van der Waals surface area contributed by atoms with Crippen molar-refractivity contribution in [1.29, 1.82) is 0 Å². The van der Waals surface area contributed by atoms with E-state index in [1.165, 1.54) is 4.88 Å². The van der Waals surface area contributed by atoms with Crippen molar-refractivity contribution in [2.75, 3.05) is 11.9 Å². The summed E-state index contributed by atoms with van der Waals surface area (Å²) < 4.78 is 0. The third-order valence-electron chi connectivity index (χ3n) is 2.17. The number of thiophene rings is 1. The Kier molecular flexibility index (Phi) is 3.30. The summed E-state index contributed by atoms with van der Waals surface area (Å²) in [5.74, 6) is 1.41. The van der Waals surface area contributed by atoms with Gasteiger partial charge in [-0.3, -0.25) is 0 Å². The predicted molar refractivity (Wildman–Crippen MR) is 70.5 cm³/mol. The Bertz CT molecular complexity index is 507. The summed E-state index contributed by atoms with van der Waals surface area (Å²) in [5, 5.41) is 4.68. The van der Waals surface area contributed by atoms with Gasteiger partial charge in [0, 0.05) is 11.4 Å². The smallest absolute Gasteiger partial charge is 0.225 e. The van der Waals surface area contributed by atoms with Gasteiger partial charge in [-0.1, -0.05) is 13.8 Å². The summed E-state index contributed by atoms with van der Waals surface area (Å²) in [6.07, 6.45) is 0. The van der Waals surface area contributed by atoms with Gasteiger partial charge in [0.1, 0.15) is 10.6 Å². The normalized spacial score (nSPS) is 11.3. The molecule has 0 aliphatic carbocycles. The van der Waals surface area contributed by atoms with Gasteiger partial charge in [0.15, 0.2) is 0 Å². The summed E-state index contributed by atoms with van der Waals surface area (Å²) >= 11 is 7.53. The average Bonchev–Trinajstić information content (AvgIpc) is 2.54. The molecule has 86 valence electrons. The molecule has 0 saturated carbocycles. The first-order chi connectivity index (χ1) is 7.56. The molecular weight excluding hydrogens is 242 g/mol. The summed E-state index contributed by atoms with van der Waals surface area (Å²) in [6.45, 7) is 7.27. The molecule has 0 aromatic carbocycles. The van der Waals surface area contributed by atoms with Gasteiger partial charge in [0.05, 0.1) is 5.39 Å². The summed E-state index contributed by atoms with van der Waals surface area (Å²) in [5.41, 5.74) is 0. The van der Waals surface area contributed by atoms with Crippen LogP contribution in [0.4, 0.5) is 5.82 Å². The molecule has 0 radical (unpaired) electrons. The molecule has 0 atom stereocenters. The minimum atomic E-state index is 0.306. The number of nitrogens with zero attached hydrogens (tertiary/aromatic N) is 2. The maximum absolute atomic E-state index is 5.89. The van der Waals surface area contributed by atoms with E-state index in [0.717, 1.165) is 22.6 Å². The van der Waals surface area contributed by atoms with Crippen molar-refractivity contribution in [1.82, 2.24) is 9.97 Å². The van der Waals surface area contributed by atoms with Gasteiger partial charge >= 0.3 is 0 Å². The topological polar surface area (TPSA) is 37.8 Å². The molecular formula is C11H14ClN3S. The lowest BCUT2D eigenvalue weighted by molar-refractivity contribution is 0.687. The summed E-state index contributed by atoms with van der Waals surface area (Å²) in [6, 6.07) is 2.10. The van der Waals surface area contributed by atoms with Crippen LogP contribution in [0, 0.1) is 12.8 Å². The fourth-order valence-electron chi connectivity index (χ4n) is 1.45. The molecule has 0 saturated heterocycles. The summed E-state index contributed by atoms with van der Waals surface area (Å²) in [4.78, 5) is 10.6. The van der Waals surface area contributed by atoms with Crippen LogP contribution in [0.1, 0.15) is 18.7 Å². The van der Waals surface area contributed by atoms with Crippen molar-refractivity contribution in [3.05, 3.63) is 16.2 Å². The van der Waals surface area contributed by atoms with E-state index < -0.39 is 0 Å². The number of aromatic nitrogens is 2. The standard InChI is InChI=1S/C11H14ClN3S/c1-6(2)5-13-9-8-4-7(3)16-10(8)15-11(12)14-9/h4,6H,5H2,1-3H3,(H,13,14,15). The highest BCUT2D eigenvalue weighted by Crippen LogP contribution is 2.29. The van der Waals surface area contributed by atoms with E-state index in [1.807, 2.05) is 0 Å². The highest BCUT2D eigenvalue weighted by molar-refractivity contribution is 7.18. The Labute approximate surface area is 104 Å². The zero-order valence-corrected chi connectivity index (χ0v) is 11.1. The van der Waals surface area contributed by atoms with Crippen LogP contribution in [-0.4, -0.2) is 16.5 Å². The number of anilines is 1. The van der Waals surface area contributed by atoms with Crippen molar-refractivity contribution in [2.24, 2.45) is 5.92 Å². The Morgan fingerprint density at radius 3 is 2.88 bits per heavy atom. The molecule has 0 amide bonds. The quantitative estimate of drug-likeness (QED) is 0.850. The van der Waals surface area contributed by atoms with E-state index in [4.69, 9.17) is 11.6 Å². The van der Waals surface area contributed by atoms with Crippen LogP contribution >= 0.6 is 22.9 Å². The number of aryl methyl sites for hydroxylation is 1. The minimum absolute atomic E-state index is 0.306. The Balaban J connectivity index is 2.41. The first-order valence-electron chi connectivity index (χ1n) is 5.24. The second kappa shape index (κ2) is 4.55. The van der Waals surface area contributed by atoms with Gasteiger partial charge in [-0.05, 0) is 30.5 Å². The Hall–Kier alpha value is -0.870. The molecule has 2 rings (SSSR count). The maximum atomic E-state index is 5.89. The number of hydrogen-bond acceptors (Lipinski definition) is 4. The van der Waals surface area contributed by atoms with Crippen LogP contribution in [0.5, 0.6) is 0 Å². The molecule has 16 heavy (non-hydrogen) atoms. The molecule has 2 aromatic heterocycles. The highest BCUT2D eigenvalue weighted by atomic mass is 35.5. The lowest BCUT2D eigenvalue weighted by atomic mass is 10.2. The number of halogens is 1. The predicted octanol–water partition coefficient (Wildman–Crippen LogP) is 3.72. The Morgan fingerprint density at radius 1 is 1.44 bits per heavy atom. The SMILES string of the molecule is Cc1cc2c(NCC(C)C)nc(Cl)nc2s1. The van der Waals surface area contributed by atoms with E-state index in [2.05, 4.69) is 42.1 Å². The molecule has 0 aliphatic heterocycles. The summed E-state index contributed by atoms with van der Waals surface area (Å²) in [7, 11) is 0. The van der Waals surface area contributed by atoms with E-state index in [1.54, 1.807) is 11.3 Å². The zero-order chi connectivity index (χ0) is 11.7. The number of nitrogens with one attached hydrogen (secondary N) is 1. The van der Waals surface area contributed by atoms with Crippen LogP contribution in [0.2, 0.25) is 5.28 Å². The van der Waals surface area contributed by atoms with Crippen molar-refractivity contribution in [3.8, 4) is 0 Å². The molecule has 1 N–H and O–H groups in total. The fourth-order valence-corrected chi connectivity index (χ4v) is 2.55. The second-order valence-corrected chi connectivity index (χ2v) is 5.76. The number of fused-ring (bicyclic) bond motifs is 1. The van der Waals surface area contributed by atoms with Crippen molar-refractivity contribution < 1.29 is 0 Å². The first-order valence-corrected chi connectivity index (χ1v) is 6.43. The average molecular weight is 256 g/mol. The van der Waals surface area contributed by atoms with E-state index in [-0.39, 0.29) is 0 Å². The molecule has 2 aromatic rings. The van der Waals surface area contributed by atoms with Crippen LogP contribution in [0.3, 0.4) is 0 Å². The molecule has 0 spiro atoms. The lowest BCUT2D eigenvalue weighted by Gasteiger charge is -2.08. The lowest BCUT2D eigenvalue weighted by Crippen LogP contribution is -2.09. The molecule has 2 heterocycles. The zero-order valence-electron chi connectivity index (χ0n) is 9.54. The van der Waals surface area contributed by atoms with Crippen molar-refractivity contribution >= 4 is 39.0 Å². The molecule has 0 fully saturated rings. The van der Waals surface area contributed by atoms with Gasteiger partial charge in [-0.25, -0.2) is 9.97 Å². The van der Waals surface area contributed by atoms with Crippen LogP contribution in [0.15, 0.2) is 6.07 Å². The Morgan fingerprint density at radius 2 is 2.19 bits per heavy atom. The van der Waals surface area contributed by atoms with Crippen molar-refractivity contribution in [3.63, 3.8) is 0 Å². The van der Waals surface area contributed by atoms with Crippen LogP contribution in [-0.2, 0) is 0 Å². The number of hydrogen-bond donors (Lipinski definition) is 1. The third-order valence-corrected chi connectivity index (χ3v) is 3.28. The van der Waals surface area contributed by atoms with Crippen LogP contribution in [0.25, 0.3) is 10.2 Å². The van der Waals surface area contributed by atoms with Gasteiger partial charge in [-0.2, -0.15) is 0 Å². The minimum Gasteiger partial charge on any atom is -0.369 e. The third kappa shape index (κ3) is 2.44. The first kappa shape index (κ1) is 11.6. The molecule has 0 unspecified atom stereocenters. The fraction of sp³-hybridized carbons (Fsp3) is 0.455. The molecule has 5 heteroatoms. The van der Waals surface area contributed by atoms with Crippen molar-refractivity contribution in [2.45, 2.75) is 20.8 Å². The number of rotatable bonds is 3. The maximum Gasteiger partial charge on any atom is 0.225 e. The monoisotopic (exact) mass is 255 g/mol. The largest absolute Gasteiger partial charge is 0.369 e. The molecule has 3 nitrogen and oxygen atoms in total. The van der Waals surface area contributed by atoms with Gasteiger partial charge < -0.3 is 5.32 Å².